The second-order valence-electron chi connectivity index (χ2n) is 6.79. The summed E-state index contributed by atoms with van der Waals surface area (Å²) >= 11 is 1.35. The van der Waals surface area contributed by atoms with Gasteiger partial charge >= 0.3 is 0 Å². The fraction of sp³-hybridized carbons (Fsp3) is 0.182. The minimum Gasteiger partial charge on any atom is -0.463 e. The predicted molar refractivity (Wildman–Crippen MR) is 115 cm³/mol. The number of fused-ring (bicyclic) bond motifs is 1. The molecule has 0 aliphatic carbocycles. The highest BCUT2D eigenvalue weighted by molar-refractivity contribution is 8.00. The third-order valence-electron chi connectivity index (χ3n) is 4.76. The van der Waals surface area contributed by atoms with Crippen molar-refractivity contribution in [1.29, 1.82) is 0 Å². The lowest BCUT2D eigenvalue weighted by Gasteiger charge is -2.13. The van der Waals surface area contributed by atoms with Crippen molar-refractivity contribution in [2.45, 2.75) is 23.8 Å². The van der Waals surface area contributed by atoms with E-state index < -0.39 is 0 Å². The van der Waals surface area contributed by atoms with Gasteiger partial charge in [-0.1, -0.05) is 18.7 Å². The molecule has 2 N–H and O–H groups in total. The molecule has 4 heterocycles. The summed E-state index contributed by atoms with van der Waals surface area (Å²) in [7, 11) is 0. The zero-order valence-corrected chi connectivity index (χ0v) is 17.4. The van der Waals surface area contributed by atoms with Gasteiger partial charge in [0.1, 0.15) is 11.4 Å². The van der Waals surface area contributed by atoms with Gasteiger partial charge in [0.25, 0.3) is 0 Å². The van der Waals surface area contributed by atoms with Gasteiger partial charge in [-0.3, -0.25) is 4.79 Å². The van der Waals surface area contributed by atoms with Crippen LogP contribution in [0.15, 0.2) is 69.0 Å². The van der Waals surface area contributed by atoms with E-state index in [1.54, 1.807) is 36.8 Å². The minimum absolute atomic E-state index is 0.123. The van der Waals surface area contributed by atoms with Crippen molar-refractivity contribution in [3.05, 3.63) is 55.0 Å². The van der Waals surface area contributed by atoms with Crippen LogP contribution in [0, 0.1) is 0 Å². The second-order valence-corrected chi connectivity index (χ2v) is 7.98. The molecule has 0 saturated carbocycles. The van der Waals surface area contributed by atoms with E-state index in [0.717, 1.165) is 0 Å². The summed E-state index contributed by atoms with van der Waals surface area (Å²) < 4.78 is 21.8. The molecule has 1 aliphatic rings. The highest BCUT2D eigenvalue weighted by atomic mass is 32.2. The van der Waals surface area contributed by atoms with E-state index in [9.17, 15) is 4.79 Å². The molecular weight excluding hydrogens is 418 g/mol. The smallest absolute Gasteiger partial charge is 0.237 e. The molecule has 158 valence electrons. The van der Waals surface area contributed by atoms with Crippen LogP contribution in [0.4, 0.5) is 5.69 Å². The number of nitrogens with zero attached hydrogens (tertiary/aromatic N) is 1. The van der Waals surface area contributed by atoms with Gasteiger partial charge in [0.2, 0.25) is 12.7 Å². The van der Waals surface area contributed by atoms with Crippen molar-refractivity contribution in [1.82, 2.24) is 9.97 Å². The Bertz CT molecular complexity index is 1130. The molecule has 1 aromatic carbocycles. The Kier molecular flexibility index (Phi) is 5.17. The first-order valence-corrected chi connectivity index (χ1v) is 10.6. The van der Waals surface area contributed by atoms with Gasteiger partial charge in [0.15, 0.2) is 28.2 Å². The van der Waals surface area contributed by atoms with Crippen molar-refractivity contribution in [2.24, 2.45) is 0 Å². The summed E-state index contributed by atoms with van der Waals surface area (Å²) in [5, 5.41) is 3.19. The number of thioether (sulfide) groups is 1. The molecule has 0 spiro atoms. The van der Waals surface area contributed by atoms with Crippen molar-refractivity contribution < 1.29 is 23.1 Å². The second kappa shape index (κ2) is 8.27. The van der Waals surface area contributed by atoms with Crippen LogP contribution in [0.3, 0.4) is 0 Å². The maximum absolute atomic E-state index is 12.9. The molecular formula is C22H19N3O5S. The number of carbonyl (C=O) groups excluding carboxylic acids is 1. The van der Waals surface area contributed by atoms with Crippen LogP contribution in [0.5, 0.6) is 11.5 Å². The monoisotopic (exact) mass is 437 g/mol. The van der Waals surface area contributed by atoms with Gasteiger partial charge < -0.3 is 28.6 Å². The summed E-state index contributed by atoms with van der Waals surface area (Å²) in [5.74, 6) is 2.43. The quantitative estimate of drug-likeness (QED) is 0.385. The van der Waals surface area contributed by atoms with E-state index in [4.69, 9.17) is 18.3 Å². The standard InChI is InChI=1S/C22H19N3O5S/c1-2-18(21(26)23-13-7-8-14-17(11-13)30-12-29-14)31-22-24-19(15-5-3-9-27-15)20(25-22)16-6-4-10-28-16/h3-11,18H,2,12H2,1H3,(H,23,26)(H,24,25). The van der Waals surface area contributed by atoms with Gasteiger partial charge in [-0.25, -0.2) is 4.98 Å². The lowest BCUT2D eigenvalue weighted by Crippen LogP contribution is -2.24. The number of hydrogen-bond donors (Lipinski definition) is 2. The number of hydrogen-bond acceptors (Lipinski definition) is 7. The molecule has 0 bridgehead atoms. The number of anilines is 1. The number of furan rings is 2. The molecule has 3 aromatic heterocycles. The van der Waals surface area contributed by atoms with Gasteiger partial charge in [-0.2, -0.15) is 0 Å². The Labute approximate surface area is 182 Å². The maximum Gasteiger partial charge on any atom is 0.237 e. The van der Waals surface area contributed by atoms with Gasteiger partial charge in [0.05, 0.1) is 17.8 Å². The number of amides is 1. The average molecular weight is 437 g/mol. The third kappa shape index (κ3) is 3.91. The van der Waals surface area contributed by atoms with Crippen LogP contribution >= 0.6 is 11.8 Å². The molecule has 8 nitrogen and oxygen atoms in total. The van der Waals surface area contributed by atoms with E-state index >= 15 is 0 Å². The normalized spacial score (nSPS) is 13.3. The molecule has 5 rings (SSSR count). The number of H-pyrrole nitrogens is 1. The van der Waals surface area contributed by atoms with Crippen molar-refractivity contribution in [3.8, 4) is 34.4 Å². The number of benzene rings is 1. The number of ether oxygens (including phenoxy) is 2. The summed E-state index contributed by atoms with van der Waals surface area (Å²) in [4.78, 5) is 20.9. The predicted octanol–water partition coefficient (Wildman–Crippen LogP) is 5.17. The number of rotatable bonds is 7. The number of aromatic amines is 1. The minimum atomic E-state index is -0.356. The Hall–Kier alpha value is -3.59. The largest absolute Gasteiger partial charge is 0.463 e. The first-order chi connectivity index (χ1) is 15.2. The molecule has 0 radical (unpaired) electrons. The summed E-state index contributed by atoms with van der Waals surface area (Å²) in [6.45, 7) is 2.15. The SMILES string of the molecule is CCC(Sc1nc(-c2ccco2)c(-c2ccco2)[nH]1)C(=O)Nc1ccc2c(c1)OCO2. The average Bonchev–Trinajstić information content (AvgIpc) is 3.57. The Balaban J connectivity index is 1.36. The van der Waals surface area contributed by atoms with E-state index in [1.165, 1.54) is 11.8 Å². The Morgan fingerprint density at radius 2 is 1.90 bits per heavy atom. The third-order valence-corrected chi connectivity index (χ3v) is 6.01. The Morgan fingerprint density at radius 3 is 2.65 bits per heavy atom. The molecule has 1 amide bonds. The number of nitrogens with one attached hydrogen (secondary N) is 2. The van der Waals surface area contributed by atoms with Crippen LogP contribution in [-0.2, 0) is 4.79 Å². The summed E-state index contributed by atoms with van der Waals surface area (Å²) in [6, 6.07) is 12.6. The van der Waals surface area contributed by atoms with Crippen molar-refractivity contribution in [2.75, 3.05) is 12.1 Å². The van der Waals surface area contributed by atoms with Crippen LogP contribution in [-0.4, -0.2) is 27.9 Å². The molecule has 1 unspecified atom stereocenters. The summed E-state index contributed by atoms with van der Waals surface area (Å²) in [6.07, 6.45) is 3.81. The zero-order chi connectivity index (χ0) is 21.2. The van der Waals surface area contributed by atoms with Gasteiger partial charge in [-0.05, 0) is 42.8 Å². The van der Waals surface area contributed by atoms with E-state index in [1.807, 2.05) is 25.1 Å². The van der Waals surface area contributed by atoms with E-state index in [-0.39, 0.29) is 18.0 Å². The molecule has 9 heteroatoms. The topological polar surface area (TPSA) is 103 Å². The molecule has 4 aromatic rings. The zero-order valence-electron chi connectivity index (χ0n) is 16.6. The van der Waals surface area contributed by atoms with E-state index in [0.29, 0.717) is 51.7 Å². The lowest BCUT2D eigenvalue weighted by molar-refractivity contribution is -0.115. The number of aromatic nitrogens is 2. The Morgan fingerprint density at radius 1 is 1.13 bits per heavy atom. The number of carbonyl (C=O) groups is 1. The molecule has 0 saturated heterocycles. The molecule has 0 fully saturated rings. The van der Waals surface area contributed by atoms with Crippen LogP contribution in [0.1, 0.15) is 13.3 Å². The summed E-state index contributed by atoms with van der Waals surface area (Å²) in [5.41, 5.74) is 1.99. The molecule has 31 heavy (non-hydrogen) atoms. The lowest BCUT2D eigenvalue weighted by atomic mass is 10.2. The first-order valence-electron chi connectivity index (χ1n) is 9.76. The fourth-order valence-electron chi connectivity index (χ4n) is 3.25. The van der Waals surface area contributed by atoms with Gasteiger partial charge in [0, 0.05) is 11.8 Å². The van der Waals surface area contributed by atoms with Crippen molar-refractivity contribution in [3.63, 3.8) is 0 Å². The van der Waals surface area contributed by atoms with Crippen LogP contribution < -0.4 is 14.8 Å². The first kappa shape index (κ1) is 19.4. The molecule has 1 aliphatic heterocycles. The van der Waals surface area contributed by atoms with E-state index in [2.05, 4.69) is 15.3 Å². The highest BCUT2D eigenvalue weighted by Crippen LogP contribution is 2.36. The van der Waals surface area contributed by atoms with Crippen LogP contribution in [0.2, 0.25) is 0 Å². The highest BCUT2D eigenvalue weighted by Gasteiger charge is 2.24. The van der Waals surface area contributed by atoms with Crippen molar-refractivity contribution >= 4 is 23.4 Å². The van der Waals surface area contributed by atoms with Crippen LogP contribution in [0.25, 0.3) is 22.9 Å². The van der Waals surface area contributed by atoms with Gasteiger partial charge in [-0.15, -0.1) is 0 Å². The fourth-order valence-corrected chi connectivity index (χ4v) is 4.16. The molecule has 1 atom stereocenters. The maximum atomic E-state index is 12.9. The number of imidazole rings is 1.